The summed E-state index contributed by atoms with van der Waals surface area (Å²) in [5.41, 5.74) is 2.40. The summed E-state index contributed by atoms with van der Waals surface area (Å²) in [6.07, 6.45) is 3.10. The molecule has 3 heteroatoms. The molecule has 1 N–H and O–H groups in total. The van der Waals surface area contributed by atoms with Crippen LogP contribution in [0.2, 0.25) is 0 Å². The highest BCUT2D eigenvalue weighted by molar-refractivity contribution is 5.77. The topological polar surface area (TPSA) is 27.6 Å². The van der Waals surface area contributed by atoms with E-state index in [2.05, 4.69) is 45.7 Å². The van der Waals surface area contributed by atoms with Gasteiger partial charge in [-0.05, 0) is 12.1 Å². The fourth-order valence-corrected chi connectivity index (χ4v) is 2.38. The molecule has 3 nitrogen and oxygen atoms in total. The third kappa shape index (κ3) is 1.53. The third-order valence-corrected chi connectivity index (χ3v) is 3.15. The molecular weight excluding hydrogens is 186 g/mol. The Kier molecular flexibility index (Phi) is 2.18. The number of nitrogens with zero attached hydrogens (tertiary/aromatic N) is 2. The second-order valence-electron chi connectivity index (χ2n) is 4.09. The van der Waals surface area contributed by atoms with Crippen molar-refractivity contribution in [2.75, 3.05) is 24.5 Å². The molecule has 0 amide bonds. The quantitative estimate of drug-likeness (QED) is 0.690. The fraction of sp³-hybridized carbons (Fsp3) is 0.417. The maximum atomic E-state index is 4.52. The molecule has 0 aromatic heterocycles. The molecule has 2 heterocycles. The van der Waals surface area contributed by atoms with Crippen molar-refractivity contribution in [2.24, 2.45) is 4.99 Å². The van der Waals surface area contributed by atoms with Gasteiger partial charge in [-0.3, -0.25) is 4.99 Å². The van der Waals surface area contributed by atoms with Crippen molar-refractivity contribution in [3.8, 4) is 0 Å². The van der Waals surface area contributed by atoms with Gasteiger partial charge in [0.25, 0.3) is 0 Å². The van der Waals surface area contributed by atoms with E-state index in [4.69, 9.17) is 0 Å². The molecule has 1 atom stereocenters. The molecule has 0 radical (unpaired) electrons. The van der Waals surface area contributed by atoms with Crippen LogP contribution in [0.25, 0.3) is 0 Å². The van der Waals surface area contributed by atoms with Crippen LogP contribution in [0.4, 0.5) is 11.4 Å². The number of aliphatic imine (C=N–C) groups is 1. The number of para-hydroxylation sites is 2. The summed E-state index contributed by atoms with van der Waals surface area (Å²) < 4.78 is 0. The van der Waals surface area contributed by atoms with Crippen molar-refractivity contribution in [2.45, 2.75) is 12.5 Å². The fourth-order valence-electron chi connectivity index (χ4n) is 2.38. The van der Waals surface area contributed by atoms with Gasteiger partial charge in [0.1, 0.15) is 0 Å². The Morgan fingerprint density at radius 1 is 1.33 bits per heavy atom. The molecule has 0 spiro atoms. The maximum Gasteiger partial charge on any atom is 0.0859 e. The van der Waals surface area contributed by atoms with Crippen molar-refractivity contribution >= 4 is 17.6 Å². The number of hydrogen-bond acceptors (Lipinski definition) is 3. The van der Waals surface area contributed by atoms with Crippen molar-refractivity contribution in [1.82, 2.24) is 5.32 Å². The van der Waals surface area contributed by atoms with Crippen LogP contribution in [-0.4, -0.2) is 31.9 Å². The molecule has 0 bridgehead atoms. The molecule has 2 aliphatic rings. The number of benzene rings is 1. The summed E-state index contributed by atoms with van der Waals surface area (Å²) >= 11 is 0. The van der Waals surface area contributed by atoms with Crippen molar-refractivity contribution in [1.29, 1.82) is 0 Å². The highest BCUT2D eigenvalue weighted by Crippen LogP contribution is 2.32. The second-order valence-corrected chi connectivity index (χ2v) is 4.09. The Balaban J connectivity index is 2.04. The Bertz CT molecular complexity index is 386. The average molecular weight is 201 g/mol. The normalized spacial score (nSPS) is 24.3. The zero-order chi connectivity index (χ0) is 10.1. The first-order chi connectivity index (χ1) is 7.45. The van der Waals surface area contributed by atoms with E-state index in [9.17, 15) is 0 Å². The van der Waals surface area contributed by atoms with Gasteiger partial charge in [0.2, 0.25) is 0 Å². The molecule has 0 saturated carbocycles. The number of piperazine rings is 1. The molecule has 1 aromatic carbocycles. The van der Waals surface area contributed by atoms with Crippen molar-refractivity contribution in [3.05, 3.63) is 24.3 Å². The molecule has 15 heavy (non-hydrogen) atoms. The van der Waals surface area contributed by atoms with Gasteiger partial charge in [-0.15, -0.1) is 0 Å². The average Bonchev–Trinajstić information content (AvgIpc) is 2.48. The predicted octanol–water partition coefficient (Wildman–Crippen LogP) is 1.57. The van der Waals surface area contributed by atoms with Crippen LogP contribution in [0.15, 0.2) is 29.3 Å². The minimum absolute atomic E-state index is 0.575. The van der Waals surface area contributed by atoms with Crippen LogP contribution >= 0.6 is 0 Å². The highest BCUT2D eigenvalue weighted by Gasteiger charge is 2.24. The van der Waals surface area contributed by atoms with E-state index in [-0.39, 0.29) is 0 Å². The first-order valence-electron chi connectivity index (χ1n) is 5.54. The molecule has 78 valence electrons. The monoisotopic (exact) mass is 201 g/mol. The van der Waals surface area contributed by atoms with Gasteiger partial charge >= 0.3 is 0 Å². The van der Waals surface area contributed by atoms with E-state index in [1.165, 1.54) is 5.69 Å². The summed E-state index contributed by atoms with van der Waals surface area (Å²) in [5, 5.41) is 3.44. The molecule has 1 saturated heterocycles. The predicted molar refractivity (Wildman–Crippen MR) is 63.2 cm³/mol. The van der Waals surface area contributed by atoms with Crippen LogP contribution in [0.5, 0.6) is 0 Å². The molecular formula is C12H15N3. The van der Waals surface area contributed by atoms with Crippen molar-refractivity contribution in [3.63, 3.8) is 0 Å². The standard InChI is InChI=1S/C12H15N3/c1-2-4-12-11(3-1)14-6-5-10-9-13-7-8-15(10)12/h1-4,6,10,13H,5,7-9H2. The van der Waals surface area contributed by atoms with E-state index in [0.29, 0.717) is 6.04 Å². The van der Waals surface area contributed by atoms with Gasteiger partial charge in [-0.25, -0.2) is 0 Å². The van der Waals surface area contributed by atoms with Gasteiger partial charge < -0.3 is 10.2 Å². The smallest absolute Gasteiger partial charge is 0.0859 e. The van der Waals surface area contributed by atoms with Crippen molar-refractivity contribution < 1.29 is 0 Å². The second kappa shape index (κ2) is 3.66. The molecule has 2 aliphatic heterocycles. The number of rotatable bonds is 0. The summed E-state index contributed by atoms with van der Waals surface area (Å²) in [7, 11) is 0. The number of nitrogens with one attached hydrogen (secondary N) is 1. The number of fused-ring (bicyclic) bond motifs is 3. The zero-order valence-electron chi connectivity index (χ0n) is 8.69. The lowest BCUT2D eigenvalue weighted by molar-refractivity contribution is 0.489. The Labute approximate surface area is 89.8 Å². The Hall–Kier alpha value is -1.35. The first-order valence-corrected chi connectivity index (χ1v) is 5.54. The molecule has 0 aliphatic carbocycles. The van der Waals surface area contributed by atoms with Crippen LogP contribution in [-0.2, 0) is 0 Å². The lowest BCUT2D eigenvalue weighted by Gasteiger charge is -2.36. The van der Waals surface area contributed by atoms with E-state index >= 15 is 0 Å². The molecule has 1 aromatic rings. The summed E-state index contributed by atoms with van der Waals surface area (Å²) in [4.78, 5) is 7.00. The van der Waals surface area contributed by atoms with Gasteiger partial charge in [0.05, 0.1) is 11.4 Å². The van der Waals surface area contributed by atoms with E-state index in [1.54, 1.807) is 0 Å². The Morgan fingerprint density at radius 3 is 3.27 bits per heavy atom. The van der Waals surface area contributed by atoms with Crippen LogP contribution in [0, 0.1) is 0 Å². The Morgan fingerprint density at radius 2 is 2.27 bits per heavy atom. The van der Waals surface area contributed by atoms with Gasteiger partial charge in [-0.1, -0.05) is 12.1 Å². The third-order valence-electron chi connectivity index (χ3n) is 3.15. The maximum absolute atomic E-state index is 4.52. The minimum Gasteiger partial charge on any atom is -0.364 e. The minimum atomic E-state index is 0.575. The van der Waals surface area contributed by atoms with E-state index in [0.717, 1.165) is 31.7 Å². The number of anilines is 1. The SMILES string of the molecule is C1=Nc2ccccc2N2CCNCC2C1. The largest absolute Gasteiger partial charge is 0.364 e. The van der Waals surface area contributed by atoms with E-state index in [1.807, 2.05) is 0 Å². The highest BCUT2D eigenvalue weighted by atomic mass is 15.2. The van der Waals surface area contributed by atoms with Gasteiger partial charge in [0.15, 0.2) is 0 Å². The van der Waals surface area contributed by atoms with E-state index < -0.39 is 0 Å². The lowest BCUT2D eigenvalue weighted by atomic mass is 10.1. The van der Waals surface area contributed by atoms with Gasteiger partial charge in [-0.2, -0.15) is 0 Å². The summed E-state index contributed by atoms with van der Waals surface area (Å²) in [6.45, 7) is 3.23. The van der Waals surface area contributed by atoms with Gasteiger partial charge in [0, 0.05) is 38.3 Å². The zero-order valence-corrected chi connectivity index (χ0v) is 8.69. The van der Waals surface area contributed by atoms with Crippen LogP contribution < -0.4 is 10.2 Å². The van der Waals surface area contributed by atoms with Crippen LogP contribution in [0.3, 0.4) is 0 Å². The lowest BCUT2D eigenvalue weighted by Crippen LogP contribution is -2.51. The van der Waals surface area contributed by atoms with Crippen LogP contribution in [0.1, 0.15) is 6.42 Å². The summed E-state index contributed by atoms with van der Waals surface area (Å²) in [6, 6.07) is 9.00. The molecule has 3 rings (SSSR count). The summed E-state index contributed by atoms with van der Waals surface area (Å²) in [5.74, 6) is 0. The first kappa shape index (κ1) is 8.92. The molecule has 1 unspecified atom stereocenters. The number of hydrogen-bond donors (Lipinski definition) is 1. The molecule has 1 fully saturated rings.